The molecule has 5 heteroatoms. The van der Waals surface area contributed by atoms with E-state index in [4.69, 9.17) is 10.00 Å². The number of nitrogens with zero attached hydrogens (tertiary/aromatic N) is 1. The van der Waals surface area contributed by atoms with Crippen LogP contribution >= 0.6 is 11.3 Å². The predicted octanol–water partition coefficient (Wildman–Crippen LogP) is 2.82. The number of nitrogens with one attached hydrogen (secondary N) is 1. The molecular formula is C15H14N2O2S. The molecule has 0 atom stereocenters. The fourth-order valence-electron chi connectivity index (χ4n) is 1.62. The molecule has 0 aliphatic rings. The Morgan fingerprint density at radius 1 is 1.30 bits per heavy atom. The summed E-state index contributed by atoms with van der Waals surface area (Å²) in [6.45, 7) is 0.562. The number of thiophene rings is 1. The van der Waals surface area contributed by atoms with Gasteiger partial charge in [-0.05, 0) is 35.7 Å². The Hall–Kier alpha value is -2.16. The summed E-state index contributed by atoms with van der Waals surface area (Å²) in [5.41, 5.74) is 1.23. The first-order valence-corrected chi connectivity index (χ1v) is 7.06. The van der Waals surface area contributed by atoms with Crippen molar-refractivity contribution in [2.24, 2.45) is 0 Å². The standard InChI is InChI=1S/C15H14N2O2S/c16-10-12-3-5-13(6-4-12)17-15(18)11-19-8-7-14-2-1-9-20-14/h1-6,9H,7-8,11H2,(H,17,18). The second kappa shape index (κ2) is 7.43. The van der Waals surface area contributed by atoms with Crippen LogP contribution in [0.1, 0.15) is 10.4 Å². The van der Waals surface area contributed by atoms with Crippen molar-refractivity contribution in [2.45, 2.75) is 6.42 Å². The molecule has 0 unspecified atom stereocenters. The minimum atomic E-state index is -0.194. The molecule has 0 saturated heterocycles. The first kappa shape index (κ1) is 14.3. The fourth-order valence-corrected chi connectivity index (χ4v) is 2.31. The van der Waals surface area contributed by atoms with Gasteiger partial charge in [0.15, 0.2) is 0 Å². The monoisotopic (exact) mass is 286 g/mol. The van der Waals surface area contributed by atoms with E-state index in [1.54, 1.807) is 35.6 Å². The van der Waals surface area contributed by atoms with Gasteiger partial charge in [0.25, 0.3) is 0 Å². The van der Waals surface area contributed by atoms with Crippen LogP contribution in [-0.4, -0.2) is 19.1 Å². The Bertz CT molecular complexity index is 585. The molecule has 20 heavy (non-hydrogen) atoms. The molecule has 0 saturated carbocycles. The Balaban J connectivity index is 1.68. The van der Waals surface area contributed by atoms with Crippen LogP contribution in [0.2, 0.25) is 0 Å². The molecule has 4 nitrogen and oxygen atoms in total. The van der Waals surface area contributed by atoms with Crippen LogP contribution in [0.4, 0.5) is 5.69 Å². The van der Waals surface area contributed by atoms with E-state index in [1.807, 2.05) is 23.6 Å². The molecule has 1 aromatic heterocycles. The SMILES string of the molecule is N#Cc1ccc(NC(=O)COCCc2cccs2)cc1. The Morgan fingerprint density at radius 2 is 2.10 bits per heavy atom. The summed E-state index contributed by atoms with van der Waals surface area (Å²) in [4.78, 5) is 12.9. The summed E-state index contributed by atoms with van der Waals surface area (Å²) in [5, 5.41) is 13.4. The van der Waals surface area contributed by atoms with E-state index < -0.39 is 0 Å². The first-order chi connectivity index (χ1) is 9.78. The van der Waals surface area contributed by atoms with Gasteiger partial charge in [0.05, 0.1) is 18.2 Å². The molecule has 2 rings (SSSR count). The van der Waals surface area contributed by atoms with Crippen LogP contribution < -0.4 is 5.32 Å². The third-order valence-corrected chi connectivity index (χ3v) is 3.54. The maximum atomic E-state index is 11.6. The van der Waals surface area contributed by atoms with E-state index in [0.717, 1.165) is 6.42 Å². The number of anilines is 1. The summed E-state index contributed by atoms with van der Waals surface area (Å²) in [6, 6.07) is 12.8. The van der Waals surface area contributed by atoms with E-state index in [-0.39, 0.29) is 12.5 Å². The molecule has 1 heterocycles. The Labute approximate surface area is 121 Å². The van der Waals surface area contributed by atoms with Crippen molar-refractivity contribution < 1.29 is 9.53 Å². The van der Waals surface area contributed by atoms with Crippen molar-refractivity contribution in [3.63, 3.8) is 0 Å². The van der Waals surface area contributed by atoms with Crippen LogP contribution in [-0.2, 0) is 16.0 Å². The molecule has 0 radical (unpaired) electrons. The zero-order valence-corrected chi connectivity index (χ0v) is 11.7. The quantitative estimate of drug-likeness (QED) is 0.831. The maximum Gasteiger partial charge on any atom is 0.250 e. The molecule has 0 aliphatic heterocycles. The normalized spacial score (nSPS) is 9.95. The zero-order chi connectivity index (χ0) is 14.2. The van der Waals surface area contributed by atoms with Gasteiger partial charge in [0, 0.05) is 17.0 Å². The van der Waals surface area contributed by atoms with Gasteiger partial charge >= 0.3 is 0 Å². The summed E-state index contributed by atoms with van der Waals surface area (Å²) in [6.07, 6.45) is 0.821. The molecule has 0 spiro atoms. The van der Waals surface area contributed by atoms with Gasteiger partial charge in [0.2, 0.25) is 5.91 Å². The average Bonchev–Trinajstić information content (AvgIpc) is 2.98. The van der Waals surface area contributed by atoms with Crippen LogP contribution in [0.15, 0.2) is 41.8 Å². The van der Waals surface area contributed by atoms with Gasteiger partial charge in [-0.1, -0.05) is 6.07 Å². The number of hydrogen-bond donors (Lipinski definition) is 1. The predicted molar refractivity (Wildman–Crippen MR) is 78.6 cm³/mol. The summed E-state index contributed by atoms with van der Waals surface area (Å²) < 4.78 is 5.33. The molecule has 2 aromatic rings. The highest BCUT2D eigenvalue weighted by atomic mass is 32.1. The van der Waals surface area contributed by atoms with E-state index in [2.05, 4.69) is 5.32 Å². The van der Waals surface area contributed by atoms with Crippen LogP contribution in [0.3, 0.4) is 0 Å². The van der Waals surface area contributed by atoms with Crippen molar-refractivity contribution in [3.05, 3.63) is 52.2 Å². The molecule has 1 aromatic carbocycles. The number of ether oxygens (including phenoxy) is 1. The topological polar surface area (TPSA) is 62.1 Å². The number of benzene rings is 1. The van der Waals surface area contributed by atoms with Crippen molar-refractivity contribution in [1.82, 2.24) is 0 Å². The fraction of sp³-hybridized carbons (Fsp3) is 0.200. The number of hydrogen-bond acceptors (Lipinski definition) is 4. The van der Waals surface area contributed by atoms with E-state index in [1.165, 1.54) is 4.88 Å². The van der Waals surface area contributed by atoms with Crippen molar-refractivity contribution in [3.8, 4) is 6.07 Å². The second-order valence-electron chi connectivity index (χ2n) is 4.12. The molecule has 1 N–H and O–H groups in total. The van der Waals surface area contributed by atoms with Crippen LogP contribution in [0.5, 0.6) is 0 Å². The molecule has 102 valence electrons. The number of rotatable bonds is 6. The molecule has 0 fully saturated rings. The third kappa shape index (κ3) is 4.50. The average molecular weight is 286 g/mol. The van der Waals surface area contributed by atoms with Gasteiger partial charge < -0.3 is 10.1 Å². The number of carbonyl (C=O) groups excluding carboxylic acids is 1. The highest BCUT2D eigenvalue weighted by Crippen LogP contribution is 2.10. The molecular weight excluding hydrogens is 272 g/mol. The van der Waals surface area contributed by atoms with Gasteiger partial charge in [-0.15, -0.1) is 11.3 Å². The first-order valence-electron chi connectivity index (χ1n) is 6.18. The minimum absolute atomic E-state index is 0.0331. The van der Waals surface area contributed by atoms with Crippen molar-refractivity contribution in [1.29, 1.82) is 5.26 Å². The van der Waals surface area contributed by atoms with Crippen LogP contribution in [0.25, 0.3) is 0 Å². The second-order valence-corrected chi connectivity index (χ2v) is 5.15. The van der Waals surface area contributed by atoms with E-state index in [0.29, 0.717) is 17.9 Å². The smallest absolute Gasteiger partial charge is 0.250 e. The van der Waals surface area contributed by atoms with Crippen molar-refractivity contribution in [2.75, 3.05) is 18.5 Å². The Kier molecular flexibility index (Phi) is 5.30. The number of carbonyl (C=O) groups is 1. The minimum Gasteiger partial charge on any atom is -0.371 e. The highest BCUT2D eigenvalue weighted by Gasteiger charge is 2.03. The molecule has 0 bridgehead atoms. The lowest BCUT2D eigenvalue weighted by molar-refractivity contribution is -0.120. The third-order valence-electron chi connectivity index (χ3n) is 2.60. The van der Waals surface area contributed by atoms with Gasteiger partial charge in [-0.3, -0.25) is 4.79 Å². The van der Waals surface area contributed by atoms with E-state index >= 15 is 0 Å². The number of nitriles is 1. The highest BCUT2D eigenvalue weighted by molar-refractivity contribution is 7.09. The van der Waals surface area contributed by atoms with E-state index in [9.17, 15) is 4.79 Å². The maximum absolute atomic E-state index is 11.6. The van der Waals surface area contributed by atoms with Gasteiger partial charge in [0.1, 0.15) is 6.61 Å². The lowest BCUT2D eigenvalue weighted by Gasteiger charge is -2.06. The van der Waals surface area contributed by atoms with Gasteiger partial charge in [-0.25, -0.2) is 0 Å². The molecule has 1 amide bonds. The number of amides is 1. The lowest BCUT2D eigenvalue weighted by Crippen LogP contribution is -2.18. The summed E-state index contributed by atoms with van der Waals surface area (Å²) in [7, 11) is 0. The molecule has 0 aliphatic carbocycles. The lowest BCUT2D eigenvalue weighted by atomic mass is 10.2. The Morgan fingerprint density at radius 3 is 2.75 bits per heavy atom. The van der Waals surface area contributed by atoms with Gasteiger partial charge in [-0.2, -0.15) is 5.26 Å². The van der Waals surface area contributed by atoms with Crippen molar-refractivity contribution >= 4 is 22.9 Å². The summed E-state index contributed by atoms with van der Waals surface area (Å²) >= 11 is 1.68. The van der Waals surface area contributed by atoms with Crippen LogP contribution in [0, 0.1) is 11.3 Å². The zero-order valence-electron chi connectivity index (χ0n) is 10.8. The summed E-state index contributed by atoms with van der Waals surface area (Å²) in [5.74, 6) is -0.194. The largest absolute Gasteiger partial charge is 0.371 e.